The van der Waals surface area contributed by atoms with Gasteiger partial charge in [0, 0.05) is 32.1 Å². The van der Waals surface area contributed by atoms with Crippen molar-refractivity contribution in [2.24, 2.45) is 5.92 Å². The fourth-order valence-corrected chi connectivity index (χ4v) is 4.98. The molecule has 2 aliphatic heterocycles. The number of likely N-dealkylation sites (tertiary alicyclic amines) is 2. The third-order valence-electron chi connectivity index (χ3n) is 4.94. The van der Waals surface area contributed by atoms with Gasteiger partial charge in [-0.15, -0.1) is 11.3 Å². The largest absolute Gasteiger partial charge is 0.342 e. The molecule has 2 fully saturated rings. The summed E-state index contributed by atoms with van der Waals surface area (Å²) in [5, 5.41) is 0. The molecule has 0 aliphatic carbocycles. The molecule has 0 N–H and O–H groups in total. The molecule has 0 aromatic carbocycles. The summed E-state index contributed by atoms with van der Waals surface area (Å²) in [5.74, 6) is 0.248. The Morgan fingerprint density at radius 1 is 0.958 bits per heavy atom. The first-order chi connectivity index (χ1) is 11.6. The monoisotopic (exact) mass is 388 g/mol. The van der Waals surface area contributed by atoms with E-state index < -0.39 is 0 Å². The van der Waals surface area contributed by atoms with Crippen LogP contribution in [-0.4, -0.2) is 47.8 Å². The van der Waals surface area contributed by atoms with Crippen LogP contribution in [0.15, 0.2) is 6.07 Å². The average molecular weight is 389 g/mol. The Balaban J connectivity index is 1.56. The van der Waals surface area contributed by atoms with Gasteiger partial charge >= 0.3 is 0 Å². The van der Waals surface area contributed by atoms with Gasteiger partial charge in [-0.1, -0.05) is 36.0 Å². The maximum atomic E-state index is 12.7. The van der Waals surface area contributed by atoms with Gasteiger partial charge in [-0.2, -0.15) is 0 Å². The van der Waals surface area contributed by atoms with Crippen LogP contribution < -0.4 is 0 Å². The topological polar surface area (TPSA) is 40.6 Å². The summed E-state index contributed by atoms with van der Waals surface area (Å²) < 4.78 is 0.961. The zero-order chi connectivity index (χ0) is 17.1. The van der Waals surface area contributed by atoms with E-state index in [1.165, 1.54) is 24.2 Å². The van der Waals surface area contributed by atoms with Gasteiger partial charge in [0.1, 0.15) is 4.34 Å². The number of thiophene rings is 1. The molecule has 0 radical (unpaired) electrons. The summed E-state index contributed by atoms with van der Waals surface area (Å²) >= 11 is 13.2. The third-order valence-corrected chi connectivity index (χ3v) is 6.42. The second-order valence-corrected chi connectivity index (χ2v) is 8.83. The van der Waals surface area contributed by atoms with Crippen molar-refractivity contribution in [3.63, 3.8) is 0 Å². The first-order valence-corrected chi connectivity index (χ1v) is 10.2. The molecule has 3 heterocycles. The number of carbonyl (C=O) groups is 2. The molecule has 0 unspecified atom stereocenters. The van der Waals surface area contributed by atoms with Crippen molar-refractivity contribution >= 4 is 46.4 Å². The van der Waals surface area contributed by atoms with Crippen LogP contribution in [-0.2, 0) is 4.79 Å². The highest BCUT2D eigenvalue weighted by molar-refractivity contribution is 7.20. The Bertz CT molecular complexity index is 604. The standard InChI is InChI=1S/C17H22Cl2N2O2S/c18-14-11-13(15(19)24-14)17(23)21-9-5-12(6-10-21)16(22)20-7-3-1-2-4-8-20/h11-12H,1-10H2. The third kappa shape index (κ3) is 4.06. The number of hydrogen-bond acceptors (Lipinski definition) is 3. The number of amides is 2. The van der Waals surface area contributed by atoms with Crippen molar-refractivity contribution in [2.45, 2.75) is 38.5 Å². The predicted molar refractivity (Wildman–Crippen MR) is 98.0 cm³/mol. The highest BCUT2D eigenvalue weighted by Crippen LogP contribution is 2.33. The first kappa shape index (κ1) is 18.0. The first-order valence-electron chi connectivity index (χ1n) is 8.59. The highest BCUT2D eigenvalue weighted by Gasteiger charge is 2.31. The Morgan fingerprint density at radius 2 is 1.58 bits per heavy atom. The zero-order valence-corrected chi connectivity index (χ0v) is 15.9. The molecule has 7 heteroatoms. The number of nitrogens with zero attached hydrogens (tertiary/aromatic N) is 2. The van der Waals surface area contributed by atoms with Crippen LogP contribution in [0.5, 0.6) is 0 Å². The van der Waals surface area contributed by atoms with Crippen molar-refractivity contribution in [1.29, 1.82) is 0 Å². The summed E-state index contributed by atoms with van der Waals surface area (Å²) in [7, 11) is 0. The smallest absolute Gasteiger partial charge is 0.256 e. The predicted octanol–water partition coefficient (Wildman–Crippen LogP) is 4.31. The lowest BCUT2D eigenvalue weighted by Gasteiger charge is -2.34. The van der Waals surface area contributed by atoms with Crippen LogP contribution in [0.25, 0.3) is 0 Å². The Hall–Kier alpha value is -0.780. The average Bonchev–Trinajstić information content (AvgIpc) is 2.80. The molecular formula is C17H22Cl2N2O2S. The molecule has 2 saturated heterocycles. The van der Waals surface area contributed by atoms with Crippen LogP contribution in [0.4, 0.5) is 0 Å². The molecule has 0 spiro atoms. The van der Waals surface area contributed by atoms with E-state index in [0.29, 0.717) is 27.3 Å². The van der Waals surface area contributed by atoms with Crippen molar-refractivity contribution < 1.29 is 9.59 Å². The minimum absolute atomic E-state index is 0.0497. The summed E-state index contributed by atoms with van der Waals surface area (Å²) in [6.07, 6.45) is 6.13. The maximum absolute atomic E-state index is 12.7. The molecule has 3 rings (SSSR count). The van der Waals surface area contributed by atoms with Crippen LogP contribution >= 0.6 is 34.5 Å². The summed E-state index contributed by atoms with van der Waals surface area (Å²) in [4.78, 5) is 29.1. The number of hydrogen-bond donors (Lipinski definition) is 0. The van der Waals surface area contributed by atoms with Gasteiger partial charge < -0.3 is 9.80 Å². The van der Waals surface area contributed by atoms with E-state index in [2.05, 4.69) is 0 Å². The minimum Gasteiger partial charge on any atom is -0.342 e. The van der Waals surface area contributed by atoms with Crippen LogP contribution in [0.3, 0.4) is 0 Å². The molecule has 0 bridgehead atoms. The molecule has 0 atom stereocenters. The summed E-state index contributed by atoms with van der Waals surface area (Å²) in [5.41, 5.74) is 0.476. The van der Waals surface area contributed by atoms with Crippen molar-refractivity contribution in [3.8, 4) is 0 Å². The molecule has 24 heavy (non-hydrogen) atoms. The van der Waals surface area contributed by atoms with E-state index in [0.717, 1.165) is 38.8 Å². The Kier molecular flexibility index (Phi) is 6.06. The molecule has 2 aliphatic rings. The molecule has 0 saturated carbocycles. The van der Waals surface area contributed by atoms with Gasteiger partial charge in [0.2, 0.25) is 5.91 Å². The molecule has 1 aromatic rings. The van der Waals surface area contributed by atoms with E-state index in [1.807, 2.05) is 4.90 Å². The lowest BCUT2D eigenvalue weighted by molar-refractivity contribution is -0.136. The Labute approximate surface area is 156 Å². The van der Waals surface area contributed by atoms with Crippen molar-refractivity contribution in [1.82, 2.24) is 9.80 Å². The number of rotatable bonds is 2. The summed E-state index contributed by atoms with van der Waals surface area (Å²) in [6.45, 7) is 2.99. The molecule has 1 aromatic heterocycles. The van der Waals surface area contributed by atoms with E-state index in [-0.39, 0.29) is 17.7 Å². The molecule has 2 amide bonds. The van der Waals surface area contributed by atoms with Gasteiger partial charge in [-0.3, -0.25) is 9.59 Å². The summed E-state index contributed by atoms with van der Waals surface area (Å²) in [6, 6.07) is 1.63. The fraction of sp³-hybridized carbons (Fsp3) is 0.647. The van der Waals surface area contributed by atoms with E-state index in [9.17, 15) is 9.59 Å². The van der Waals surface area contributed by atoms with E-state index >= 15 is 0 Å². The number of piperidine rings is 1. The quantitative estimate of drug-likeness (QED) is 0.756. The Morgan fingerprint density at radius 3 is 2.12 bits per heavy atom. The van der Waals surface area contributed by atoms with Crippen molar-refractivity contribution in [2.75, 3.05) is 26.2 Å². The SMILES string of the molecule is O=C(c1cc(Cl)sc1Cl)N1CCC(C(=O)N2CCCCCC2)CC1. The highest BCUT2D eigenvalue weighted by atomic mass is 35.5. The lowest BCUT2D eigenvalue weighted by atomic mass is 9.94. The van der Waals surface area contributed by atoms with Crippen LogP contribution in [0, 0.1) is 5.92 Å². The van der Waals surface area contributed by atoms with Gasteiger partial charge in [-0.25, -0.2) is 0 Å². The van der Waals surface area contributed by atoms with E-state index in [1.54, 1.807) is 11.0 Å². The lowest BCUT2D eigenvalue weighted by Crippen LogP contribution is -2.44. The van der Waals surface area contributed by atoms with Gasteiger partial charge in [0.25, 0.3) is 5.91 Å². The second kappa shape index (κ2) is 8.07. The minimum atomic E-state index is -0.0798. The number of halogens is 2. The second-order valence-electron chi connectivity index (χ2n) is 6.54. The fourth-order valence-electron chi connectivity index (χ4n) is 3.54. The van der Waals surface area contributed by atoms with Crippen LogP contribution in [0.2, 0.25) is 8.67 Å². The molecule has 132 valence electrons. The zero-order valence-electron chi connectivity index (χ0n) is 13.6. The maximum Gasteiger partial charge on any atom is 0.256 e. The molecular weight excluding hydrogens is 367 g/mol. The van der Waals surface area contributed by atoms with Crippen molar-refractivity contribution in [3.05, 3.63) is 20.3 Å². The molecule has 4 nitrogen and oxygen atoms in total. The van der Waals surface area contributed by atoms with Gasteiger partial charge in [0.05, 0.1) is 9.90 Å². The van der Waals surface area contributed by atoms with E-state index in [4.69, 9.17) is 23.2 Å². The number of carbonyl (C=O) groups excluding carboxylic acids is 2. The normalized spacial score (nSPS) is 20.1. The van der Waals surface area contributed by atoms with Gasteiger partial charge in [-0.05, 0) is 31.7 Å². The van der Waals surface area contributed by atoms with Gasteiger partial charge in [0.15, 0.2) is 0 Å². The van der Waals surface area contributed by atoms with Crippen LogP contribution in [0.1, 0.15) is 48.9 Å².